The topological polar surface area (TPSA) is 30.9 Å². The maximum absolute atomic E-state index is 6.31. The maximum atomic E-state index is 6.31. The van der Waals surface area contributed by atoms with Gasteiger partial charge in [0.2, 0.25) is 0 Å². The van der Waals surface area contributed by atoms with Crippen LogP contribution in [0.2, 0.25) is 0 Å². The molecule has 0 saturated carbocycles. The van der Waals surface area contributed by atoms with Crippen molar-refractivity contribution in [1.29, 1.82) is 0 Å². The molecule has 1 aliphatic rings. The summed E-state index contributed by atoms with van der Waals surface area (Å²) in [5.74, 6) is 2.52. The quantitative estimate of drug-likeness (QED) is 0.270. The first-order valence-electron chi connectivity index (χ1n) is 13.2. The van der Waals surface area contributed by atoms with Crippen molar-refractivity contribution >= 4 is 0 Å². The van der Waals surface area contributed by atoms with Gasteiger partial charge < -0.3 is 14.2 Å². The van der Waals surface area contributed by atoms with E-state index in [4.69, 9.17) is 14.2 Å². The molecule has 1 heterocycles. The normalized spacial score (nSPS) is 16.8. The Morgan fingerprint density at radius 3 is 2.28 bits per heavy atom. The van der Waals surface area contributed by atoms with Gasteiger partial charge in [-0.3, -0.25) is 4.90 Å². The highest BCUT2D eigenvalue weighted by Crippen LogP contribution is 2.37. The van der Waals surface area contributed by atoms with Crippen molar-refractivity contribution in [3.8, 4) is 5.75 Å². The lowest BCUT2D eigenvalue weighted by Crippen LogP contribution is -2.38. The second-order valence-electron chi connectivity index (χ2n) is 9.52. The highest BCUT2D eigenvalue weighted by molar-refractivity contribution is 5.43. The van der Waals surface area contributed by atoms with E-state index >= 15 is 0 Å². The molecule has 4 nitrogen and oxygen atoms in total. The van der Waals surface area contributed by atoms with E-state index in [0.29, 0.717) is 19.1 Å². The van der Waals surface area contributed by atoms with Crippen LogP contribution < -0.4 is 4.74 Å². The molecule has 2 rings (SSSR count). The van der Waals surface area contributed by atoms with Crippen molar-refractivity contribution in [1.82, 2.24) is 4.90 Å². The fraction of sp³-hybridized carbons (Fsp3) is 0.786. The molecule has 4 heteroatoms. The number of ether oxygens (including phenoxy) is 3. The average molecular weight is 448 g/mol. The van der Waals surface area contributed by atoms with Crippen LogP contribution in [-0.2, 0) is 9.47 Å². The summed E-state index contributed by atoms with van der Waals surface area (Å²) in [6.07, 6.45) is 8.98. The van der Waals surface area contributed by atoms with Gasteiger partial charge in [0.25, 0.3) is 0 Å². The van der Waals surface area contributed by atoms with E-state index in [1.807, 2.05) is 0 Å². The minimum Gasteiger partial charge on any atom is -0.491 e. The van der Waals surface area contributed by atoms with Gasteiger partial charge in [-0.05, 0) is 67.7 Å². The van der Waals surface area contributed by atoms with Crippen LogP contribution >= 0.6 is 0 Å². The molecule has 1 saturated heterocycles. The molecule has 0 spiro atoms. The molecule has 1 aliphatic heterocycles. The Balaban J connectivity index is 1.91. The van der Waals surface area contributed by atoms with E-state index in [0.717, 1.165) is 51.1 Å². The van der Waals surface area contributed by atoms with Crippen molar-refractivity contribution in [2.24, 2.45) is 5.92 Å². The molecule has 1 aromatic carbocycles. The number of benzene rings is 1. The summed E-state index contributed by atoms with van der Waals surface area (Å²) < 4.78 is 17.6. The third-order valence-electron chi connectivity index (χ3n) is 7.04. The van der Waals surface area contributed by atoms with Gasteiger partial charge in [-0.2, -0.15) is 0 Å². The van der Waals surface area contributed by atoms with Crippen molar-refractivity contribution < 1.29 is 14.2 Å². The maximum Gasteiger partial charge on any atom is 0.123 e. The van der Waals surface area contributed by atoms with Crippen LogP contribution in [0.1, 0.15) is 88.3 Å². The molecule has 184 valence electrons. The predicted octanol–water partition coefficient (Wildman–Crippen LogP) is 6.52. The van der Waals surface area contributed by atoms with Crippen LogP contribution in [0.25, 0.3) is 0 Å². The highest BCUT2D eigenvalue weighted by atomic mass is 16.5. The summed E-state index contributed by atoms with van der Waals surface area (Å²) in [6.45, 7) is 18.1. The summed E-state index contributed by atoms with van der Waals surface area (Å²) in [5, 5.41) is 0. The van der Waals surface area contributed by atoms with Gasteiger partial charge in [-0.25, -0.2) is 0 Å². The summed E-state index contributed by atoms with van der Waals surface area (Å²) in [7, 11) is 0. The summed E-state index contributed by atoms with van der Waals surface area (Å²) >= 11 is 0. The SMILES string of the molecule is CCCC(CC)CCC(CCC)c1cc(C)c(C)cc1OCCOCCN1CCOCC1. The van der Waals surface area contributed by atoms with Crippen molar-refractivity contribution in [2.75, 3.05) is 52.7 Å². The smallest absolute Gasteiger partial charge is 0.123 e. The minimum absolute atomic E-state index is 0.586. The average Bonchev–Trinajstić information content (AvgIpc) is 2.80. The number of hydrogen-bond donors (Lipinski definition) is 0. The van der Waals surface area contributed by atoms with Gasteiger partial charge >= 0.3 is 0 Å². The van der Waals surface area contributed by atoms with Crippen LogP contribution in [0.4, 0.5) is 0 Å². The predicted molar refractivity (Wildman–Crippen MR) is 135 cm³/mol. The molecule has 0 bridgehead atoms. The second kappa shape index (κ2) is 15.7. The zero-order chi connectivity index (χ0) is 23.2. The van der Waals surface area contributed by atoms with E-state index < -0.39 is 0 Å². The van der Waals surface area contributed by atoms with E-state index in [1.165, 1.54) is 61.6 Å². The van der Waals surface area contributed by atoms with Crippen LogP contribution in [0.3, 0.4) is 0 Å². The number of aryl methyl sites for hydroxylation is 2. The highest BCUT2D eigenvalue weighted by Gasteiger charge is 2.19. The van der Waals surface area contributed by atoms with Gasteiger partial charge in [-0.1, -0.05) is 52.5 Å². The van der Waals surface area contributed by atoms with Gasteiger partial charge in [0, 0.05) is 19.6 Å². The Labute approximate surface area is 198 Å². The number of hydrogen-bond acceptors (Lipinski definition) is 4. The Kier molecular flexibility index (Phi) is 13.3. The lowest BCUT2D eigenvalue weighted by molar-refractivity contribution is 0.0170. The Morgan fingerprint density at radius 2 is 1.59 bits per heavy atom. The van der Waals surface area contributed by atoms with Crippen LogP contribution in [0, 0.1) is 19.8 Å². The third kappa shape index (κ3) is 9.41. The molecular weight excluding hydrogens is 398 g/mol. The lowest BCUT2D eigenvalue weighted by atomic mass is 9.84. The Hall–Kier alpha value is -1.10. The number of morpholine rings is 1. The number of nitrogens with zero attached hydrogens (tertiary/aromatic N) is 1. The summed E-state index contributed by atoms with van der Waals surface area (Å²) in [5.41, 5.74) is 4.09. The van der Waals surface area contributed by atoms with Gasteiger partial charge in [0.05, 0.1) is 26.4 Å². The van der Waals surface area contributed by atoms with Gasteiger partial charge in [0.15, 0.2) is 0 Å². The zero-order valence-corrected chi connectivity index (χ0v) is 21.6. The fourth-order valence-corrected chi connectivity index (χ4v) is 4.79. The fourth-order valence-electron chi connectivity index (χ4n) is 4.79. The summed E-state index contributed by atoms with van der Waals surface area (Å²) in [6, 6.07) is 4.65. The van der Waals surface area contributed by atoms with Crippen molar-refractivity contribution in [2.45, 2.75) is 85.5 Å². The first-order chi connectivity index (χ1) is 15.6. The van der Waals surface area contributed by atoms with E-state index in [-0.39, 0.29) is 0 Å². The summed E-state index contributed by atoms with van der Waals surface area (Å²) in [4.78, 5) is 2.41. The first-order valence-corrected chi connectivity index (χ1v) is 13.2. The van der Waals surface area contributed by atoms with E-state index in [1.54, 1.807) is 0 Å². The van der Waals surface area contributed by atoms with E-state index in [2.05, 4.69) is 51.7 Å². The molecule has 0 aromatic heterocycles. The van der Waals surface area contributed by atoms with Crippen molar-refractivity contribution in [3.63, 3.8) is 0 Å². The zero-order valence-electron chi connectivity index (χ0n) is 21.6. The molecular formula is C28H49NO3. The standard InChI is InChI=1S/C28H49NO3/c1-6-9-25(8-3)11-12-26(10-7-2)27-21-23(4)24(5)22-28(27)32-20-19-31-18-15-29-13-16-30-17-14-29/h21-22,25-26H,6-20H2,1-5H3. The van der Waals surface area contributed by atoms with Crippen LogP contribution in [0.15, 0.2) is 12.1 Å². The molecule has 2 unspecified atom stereocenters. The first kappa shape index (κ1) is 27.1. The van der Waals surface area contributed by atoms with Crippen LogP contribution in [0.5, 0.6) is 5.75 Å². The third-order valence-corrected chi connectivity index (χ3v) is 7.04. The largest absolute Gasteiger partial charge is 0.491 e. The molecule has 0 N–H and O–H groups in total. The Bertz CT molecular complexity index is 627. The van der Waals surface area contributed by atoms with Crippen molar-refractivity contribution in [3.05, 3.63) is 28.8 Å². The van der Waals surface area contributed by atoms with E-state index in [9.17, 15) is 0 Å². The lowest BCUT2D eigenvalue weighted by Gasteiger charge is -2.26. The van der Waals surface area contributed by atoms with Gasteiger partial charge in [0.1, 0.15) is 12.4 Å². The molecule has 2 atom stereocenters. The molecule has 1 aromatic rings. The van der Waals surface area contributed by atoms with Gasteiger partial charge in [-0.15, -0.1) is 0 Å². The second-order valence-corrected chi connectivity index (χ2v) is 9.52. The molecule has 0 radical (unpaired) electrons. The number of rotatable bonds is 16. The molecule has 0 amide bonds. The minimum atomic E-state index is 0.586. The Morgan fingerprint density at radius 1 is 0.875 bits per heavy atom. The molecule has 32 heavy (non-hydrogen) atoms. The monoisotopic (exact) mass is 447 g/mol. The molecule has 1 fully saturated rings. The van der Waals surface area contributed by atoms with Crippen LogP contribution in [-0.4, -0.2) is 57.6 Å². The molecule has 0 aliphatic carbocycles.